The van der Waals surface area contributed by atoms with E-state index in [4.69, 9.17) is 20.7 Å². The molecule has 0 saturated heterocycles. The topological polar surface area (TPSA) is 168 Å². The van der Waals surface area contributed by atoms with Crippen molar-refractivity contribution in [3.05, 3.63) is 35.9 Å². The second kappa shape index (κ2) is 13.8. The van der Waals surface area contributed by atoms with Crippen molar-refractivity contribution in [3.63, 3.8) is 0 Å². The van der Waals surface area contributed by atoms with Crippen LogP contribution in [0, 0.1) is 0 Å². The molecule has 2 amide bonds. The Labute approximate surface area is 155 Å². The number of carboxylic acids is 1. The van der Waals surface area contributed by atoms with Crippen LogP contribution in [0.1, 0.15) is 5.56 Å². The van der Waals surface area contributed by atoms with Gasteiger partial charge in [0, 0.05) is 13.0 Å². The van der Waals surface area contributed by atoms with Crippen molar-refractivity contribution < 1.29 is 58.9 Å². The van der Waals surface area contributed by atoms with Crippen molar-refractivity contribution in [2.45, 2.75) is 12.5 Å². The molecule has 6 N–H and O–H groups in total. The Balaban J connectivity index is 0. The van der Waals surface area contributed by atoms with Crippen molar-refractivity contribution in [1.29, 1.82) is 0 Å². The Morgan fingerprint density at radius 3 is 2.22 bits per heavy atom. The molecule has 1 aromatic carbocycles. The third-order valence-electron chi connectivity index (χ3n) is 2.22. The predicted molar refractivity (Wildman–Crippen MR) is 74.7 cm³/mol. The molecule has 0 bridgehead atoms. The molecule has 122 valence electrons. The monoisotopic (exact) mass is 335 g/mol. The van der Waals surface area contributed by atoms with Crippen molar-refractivity contribution >= 4 is 18.2 Å². The van der Waals surface area contributed by atoms with Crippen LogP contribution < -0.4 is 51.4 Å². The number of nitrogens with two attached hydrogens (primary N) is 2. The Bertz CT molecular complexity index is 482. The number of nitrogens with one attached hydrogen (secondary N) is 1. The van der Waals surface area contributed by atoms with E-state index in [2.05, 4.69) is 15.8 Å². The molecule has 0 aliphatic carbocycles. The molecule has 1 atom stereocenters. The maximum absolute atomic E-state index is 11.3. The van der Waals surface area contributed by atoms with Crippen molar-refractivity contribution in [1.82, 2.24) is 5.32 Å². The first kappa shape index (κ1) is 23.5. The van der Waals surface area contributed by atoms with Crippen LogP contribution in [-0.4, -0.2) is 42.5 Å². The standard InChI is InChI=1S/C12H16N2O4.CH3NO2.Na/c13-6-7-18-12(17)14-10(11(15)16)8-9-4-2-1-3-5-9;2-1(3)4;/h1-5,10H,6-8,13H2,(H,14,17)(H,15,16);2H2,(H,3,4);/q;;+1/p-1. The average molecular weight is 335 g/mol. The van der Waals surface area contributed by atoms with Crippen LogP contribution in [-0.2, 0) is 16.0 Å². The number of carboxylic acid groups (broad SMARTS) is 2. The van der Waals surface area contributed by atoms with E-state index >= 15 is 0 Å². The molecule has 0 spiro atoms. The molecular weight excluding hydrogens is 317 g/mol. The molecule has 1 rings (SSSR count). The minimum Gasteiger partial charge on any atom is -0.530 e. The number of amides is 2. The van der Waals surface area contributed by atoms with Crippen LogP contribution >= 0.6 is 0 Å². The summed E-state index contributed by atoms with van der Waals surface area (Å²) in [5.74, 6) is -1.11. The third kappa shape index (κ3) is 13.6. The summed E-state index contributed by atoms with van der Waals surface area (Å²) in [6.07, 6.45) is -2.16. The molecule has 0 fully saturated rings. The average Bonchev–Trinajstić information content (AvgIpc) is 2.45. The van der Waals surface area contributed by atoms with Crippen molar-refractivity contribution in [2.75, 3.05) is 13.2 Å². The number of benzene rings is 1. The van der Waals surface area contributed by atoms with E-state index < -0.39 is 24.2 Å². The minimum absolute atomic E-state index is 0. The summed E-state index contributed by atoms with van der Waals surface area (Å²) in [6.45, 7) is 0.257. The summed E-state index contributed by atoms with van der Waals surface area (Å²) < 4.78 is 4.67. The number of hydrogen-bond acceptors (Lipinski definition) is 6. The third-order valence-corrected chi connectivity index (χ3v) is 2.22. The number of rotatable bonds is 6. The van der Waals surface area contributed by atoms with E-state index in [1.807, 2.05) is 6.07 Å². The van der Waals surface area contributed by atoms with Gasteiger partial charge in [-0.1, -0.05) is 30.3 Å². The molecule has 1 unspecified atom stereocenters. The Hall–Kier alpha value is -1.81. The number of aliphatic carboxylic acids is 1. The quantitative estimate of drug-likeness (QED) is 0.381. The summed E-state index contributed by atoms with van der Waals surface area (Å²) in [7, 11) is 0. The van der Waals surface area contributed by atoms with Crippen LogP contribution in [0.3, 0.4) is 0 Å². The van der Waals surface area contributed by atoms with Crippen LogP contribution in [0.15, 0.2) is 30.3 Å². The summed E-state index contributed by atoms with van der Waals surface area (Å²) in [4.78, 5) is 30.9. The Kier molecular flexibility index (Phi) is 14.1. The van der Waals surface area contributed by atoms with E-state index in [1.54, 1.807) is 24.3 Å². The van der Waals surface area contributed by atoms with Gasteiger partial charge in [0.1, 0.15) is 18.7 Å². The molecule has 0 aromatic heterocycles. The molecule has 0 aliphatic heterocycles. The zero-order valence-corrected chi connectivity index (χ0v) is 14.7. The van der Waals surface area contributed by atoms with E-state index in [0.29, 0.717) is 0 Å². The smallest absolute Gasteiger partial charge is 0.530 e. The van der Waals surface area contributed by atoms with Gasteiger partial charge in [0.05, 0.1) is 0 Å². The van der Waals surface area contributed by atoms with Crippen molar-refractivity contribution in [2.24, 2.45) is 11.5 Å². The van der Waals surface area contributed by atoms with Crippen LogP contribution in [0.4, 0.5) is 9.59 Å². The van der Waals surface area contributed by atoms with E-state index in [-0.39, 0.29) is 49.1 Å². The zero-order valence-electron chi connectivity index (χ0n) is 12.7. The number of primary amides is 1. The first-order valence-electron chi connectivity index (χ1n) is 6.23. The molecule has 0 radical (unpaired) electrons. The van der Waals surface area contributed by atoms with Gasteiger partial charge in [0.25, 0.3) is 0 Å². The van der Waals surface area contributed by atoms with E-state index in [9.17, 15) is 9.59 Å². The van der Waals surface area contributed by atoms with Gasteiger partial charge in [-0.25, -0.2) is 9.59 Å². The zero-order chi connectivity index (χ0) is 17.0. The summed E-state index contributed by atoms with van der Waals surface area (Å²) in [5, 5.41) is 20.0. The molecule has 9 nitrogen and oxygen atoms in total. The maximum Gasteiger partial charge on any atom is 1.00 e. The fourth-order valence-electron chi connectivity index (χ4n) is 1.39. The number of carbonyl (C=O) groups is 3. The van der Waals surface area contributed by atoms with Crippen LogP contribution in [0.5, 0.6) is 0 Å². The molecule has 0 heterocycles. The van der Waals surface area contributed by atoms with Gasteiger partial charge in [-0.05, 0) is 5.56 Å². The molecule has 0 aliphatic rings. The number of ether oxygens (including phenoxy) is 1. The van der Waals surface area contributed by atoms with E-state index in [0.717, 1.165) is 5.56 Å². The van der Waals surface area contributed by atoms with Crippen molar-refractivity contribution in [3.8, 4) is 0 Å². The van der Waals surface area contributed by atoms with Gasteiger partial charge in [-0.15, -0.1) is 0 Å². The van der Waals surface area contributed by atoms with Gasteiger partial charge in [0.2, 0.25) is 0 Å². The second-order valence-electron chi connectivity index (χ2n) is 3.97. The van der Waals surface area contributed by atoms with Gasteiger partial charge in [-0.2, -0.15) is 0 Å². The van der Waals surface area contributed by atoms with Crippen LogP contribution in [0.2, 0.25) is 0 Å². The fraction of sp³-hybridized carbons (Fsp3) is 0.308. The number of carbonyl (C=O) groups excluding carboxylic acids is 2. The minimum atomic E-state index is -1.58. The second-order valence-corrected chi connectivity index (χ2v) is 3.97. The molecule has 10 heteroatoms. The van der Waals surface area contributed by atoms with Gasteiger partial charge < -0.3 is 36.5 Å². The molecule has 0 saturated carbocycles. The van der Waals surface area contributed by atoms with Gasteiger partial charge >= 0.3 is 41.6 Å². The number of hydrogen-bond donors (Lipinski definition) is 4. The SMILES string of the molecule is NC(=O)[O-].NCCOC(=O)NC(Cc1ccccc1)C(=O)O.[Na+]. The molecule has 23 heavy (non-hydrogen) atoms. The predicted octanol–water partition coefficient (Wildman–Crippen LogP) is -4.34. The first-order chi connectivity index (χ1) is 10.4. The number of alkyl carbamates (subject to hydrolysis) is 1. The van der Waals surface area contributed by atoms with Gasteiger partial charge in [0.15, 0.2) is 0 Å². The fourth-order valence-corrected chi connectivity index (χ4v) is 1.39. The van der Waals surface area contributed by atoms with Crippen LogP contribution in [0.25, 0.3) is 0 Å². The summed E-state index contributed by atoms with van der Waals surface area (Å²) >= 11 is 0. The van der Waals surface area contributed by atoms with Gasteiger partial charge in [-0.3, -0.25) is 0 Å². The Morgan fingerprint density at radius 2 is 1.78 bits per heavy atom. The Morgan fingerprint density at radius 1 is 1.26 bits per heavy atom. The normalized spacial score (nSPS) is 10.1. The summed E-state index contributed by atoms with van der Waals surface area (Å²) in [5.41, 5.74) is 9.91. The van der Waals surface area contributed by atoms with E-state index in [1.165, 1.54) is 0 Å². The molecule has 1 aromatic rings. The largest absolute Gasteiger partial charge is 1.00 e. The summed E-state index contributed by atoms with van der Waals surface area (Å²) in [6, 6.07) is 8.02. The first-order valence-corrected chi connectivity index (χ1v) is 6.23. The molecular formula is C13H18N3NaO6. The maximum atomic E-state index is 11.3.